The fraction of sp³-hybridized carbons (Fsp3) is 0.571. The maximum absolute atomic E-state index is 12.9. The Balaban J connectivity index is 1.73. The summed E-state index contributed by atoms with van der Waals surface area (Å²) < 4.78 is 18.5. The Hall–Kier alpha value is -1.13. The Morgan fingerprint density at radius 2 is 2.33 bits per heavy atom. The van der Waals surface area contributed by atoms with E-state index in [0.717, 1.165) is 32.6 Å². The summed E-state index contributed by atoms with van der Waals surface area (Å²) in [5.41, 5.74) is 6.02. The average molecular weight is 252 g/mol. The second-order valence-electron chi connectivity index (χ2n) is 5.35. The molecule has 0 radical (unpaired) electrons. The first-order valence-electron chi connectivity index (χ1n) is 6.42. The number of hydrogen-bond acceptors (Lipinski definition) is 3. The van der Waals surface area contributed by atoms with E-state index in [1.807, 2.05) is 0 Å². The van der Waals surface area contributed by atoms with Crippen LogP contribution in [0.3, 0.4) is 0 Å². The highest BCUT2D eigenvalue weighted by atomic mass is 19.1. The molecular formula is C14H21FN2O. The highest BCUT2D eigenvalue weighted by Gasteiger charge is 2.31. The maximum Gasteiger partial charge on any atom is 0.126 e. The van der Waals surface area contributed by atoms with Crippen LogP contribution in [0.5, 0.6) is 5.75 Å². The largest absolute Gasteiger partial charge is 0.492 e. The predicted molar refractivity (Wildman–Crippen MR) is 70.1 cm³/mol. The third-order valence-electron chi connectivity index (χ3n) is 3.60. The molecule has 0 amide bonds. The summed E-state index contributed by atoms with van der Waals surface area (Å²) in [5, 5.41) is 0. The molecule has 2 N–H and O–H groups in total. The highest BCUT2D eigenvalue weighted by molar-refractivity contribution is 5.22. The summed E-state index contributed by atoms with van der Waals surface area (Å²) in [7, 11) is 0. The van der Waals surface area contributed by atoms with Crippen molar-refractivity contribution >= 4 is 0 Å². The number of nitrogens with zero attached hydrogens (tertiary/aromatic N) is 1. The average Bonchev–Trinajstić information content (AvgIpc) is 2.72. The molecule has 1 saturated heterocycles. The van der Waals surface area contributed by atoms with Crippen molar-refractivity contribution in [2.75, 3.05) is 32.8 Å². The molecule has 2 rings (SSSR count). The maximum atomic E-state index is 12.9. The topological polar surface area (TPSA) is 38.5 Å². The molecule has 0 aromatic heterocycles. The quantitative estimate of drug-likeness (QED) is 0.869. The molecule has 18 heavy (non-hydrogen) atoms. The number of likely N-dealkylation sites (tertiary alicyclic amines) is 1. The summed E-state index contributed by atoms with van der Waals surface area (Å²) in [4.78, 5) is 2.35. The van der Waals surface area contributed by atoms with Gasteiger partial charge in [0.1, 0.15) is 18.2 Å². The SMILES string of the molecule is CC1(CN)CCN(CCOc2cccc(F)c2)C1. The van der Waals surface area contributed by atoms with Crippen LogP contribution in [-0.2, 0) is 0 Å². The Morgan fingerprint density at radius 1 is 1.50 bits per heavy atom. The van der Waals surface area contributed by atoms with Crippen LogP contribution in [0.2, 0.25) is 0 Å². The fourth-order valence-corrected chi connectivity index (χ4v) is 2.33. The van der Waals surface area contributed by atoms with Gasteiger partial charge in [0.25, 0.3) is 0 Å². The van der Waals surface area contributed by atoms with E-state index in [0.29, 0.717) is 12.4 Å². The van der Waals surface area contributed by atoms with Crippen molar-refractivity contribution in [1.82, 2.24) is 4.90 Å². The zero-order chi connectivity index (χ0) is 13.0. The van der Waals surface area contributed by atoms with E-state index in [1.54, 1.807) is 12.1 Å². The van der Waals surface area contributed by atoms with Crippen molar-refractivity contribution in [3.63, 3.8) is 0 Å². The molecule has 3 nitrogen and oxygen atoms in total. The van der Waals surface area contributed by atoms with Crippen LogP contribution in [0, 0.1) is 11.2 Å². The molecule has 1 aliphatic rings. The molecule has 0 spiro atoms. The van der Waals surface area contributed by atoms with E-state index >= 15 is 0 Å². The first kappa shape index (κ1) is 13.3. The van der Waals surface area contributed by atoms with Crippen LogP contribution in [0.4, 0.5) is 4.39 Å². The molecule has 1 unspecified atom stereocenters. The lowest BCUT2D eigenvalue weighted by Gasteiger charge is -2.22. The van der Waals surface area contributed by atoms with E-state index in [1.165, 1.54) is 12.1 Å². The van der Waals surface area contributed by atoms with Crippen molar-refractivity contribution in [2.24, 2.45) is 11.1 Å². The molecule has 0 aliphatic carbocycles. The van der Waals surface area contributed by atoms with Crippen molar-refractivity contribution in [1.29, 1.82) is 0 Å². The second kappa shape index (κ2) is 5.67. The van der Waals surface area contributed by atoms with Crippen LogP contribution in [0.15, 0.2) is 24.3 Å². The summed E-state index contributed by atoms with van der Waals surface area (Å²) in [6.07, 6.45) is 1.14. The zero-order valence-electron chi connectivity index (χ0n) is 10.9. The van der Waals surface area contributed by atoms with Crippen molar-refractivity contribution in [3.8, 4) is 5.75 Å². The minimum atomic E-state index is -0.260. The van der Waals surface area contributed by atoms with Crippen molar-refractivity contribution in [3.05, 3.63) is 30.1 Å². The number of halogens is 1. The molecule has 1 aromatic carbocycles. The minimum Gasteiger partial charge on any atom is -0.492 e. The molecule has 0 saturated carbocycles. The van der Waals surface area contributed by atoms with Gasteiger partial charge in [-0.25, -0.2) is 4.39 Å². The summed E-state index contributed by atoms with van der Waals surface area (Å²) >= 11 is 0. The number of rotatable bonds is 5. The van der Waals surface area contributed by atoms with Crippen LogP contribution in [0.25, 0.3) is 0 Å². The molecule has 0 bridgehead atoms. The molecule has 1 aromatic rings. The Bertz CT molecular complexity index is 399. The number of ether oxygens (including phenoxy) is 1. The minimum absolute atomic E-state index is 0.249. The van der Waals surface area contributed by atoms with Gasteiger partial charge in [-0.2, -0.15) is 0 Å². The smallest absolute Gasteiger partial charge is 0.126 e. The normalized spacial score (nSPS) is 24.4. The number of nitrogens with two attached hydrogens (primary N) is 1. The first-order chi connectivity index (χ1) is 8.61. The summed E-state index contributed by atoms with van der Waals surface area (Å²) in [6.45, 7) is 6.50. The van der Waals surface area contributed by atoms with Gasteiger partial charge in [-0.15, -0.1) is 0 Å². The third-order valence-corrected chi connectivity index (χ3v) is 3.60. The Kier molecular flexibility index (Phi) is 4.19. The molecule has 4 heteroatoms. The molecule has 1 heterocycles. The van der Waals surface area contributed by atoms with Gasteiger partial charge in [0.2, 0.25) is 0 Å². The Labute approximate surface area is 108 Å². The molecule has 100 valence electrons. The Morgan fingerprint density at radius 3 is 3.00 bits per heavy atom. The lowest BCUT2D eigenvalue weighted by molar-refractivity contribution is 0.219. The van der Waals surface area contributed by atoms with Gasteiger partial charge in [0, 0.05) is 19.2 Å². The number of benzene rings is 1. The lowest BCUT2D eigenvalue weighted by Crippen LogP contribution is -2.33. The van der Waals surface area contributed by atoms with E-state index in [9.17, 15) is 4.39 Å². The lowest BCUT2D eigenvalue weighted by atomic mass is 9.90. The summed E-state index contributed by atoms with van der Waals surface area (Å²) in [5.74, 6) is 0.333. The van der Waals surface area contributed by atoms with Gasteiger partial charge in [-0.1, -0.05) is 13.0 Å². The first-order valence-corrected chi connectivity index (χ1v) is 6.42. The number of hydrogen-bond donors (Lipinski definition) is 1. The standard InChI is InChI=1S/C14H21FN2O/c1-14(10-16)5-6-17(11-14)7-8-18-13-4-2-3-12(15)9-13/h2-4,9H,5-8,10-11,16H2,1H3. The second-order valence-corrected chi connectivity index (χ2v) is 5.35. The predicted octanol–water partition coefficient (Wildman–Crippen LogP) is 1.88. The summed E-state index contributed by atoms with van der Waals surface area (Å²) in [6, 6.07) is 6.26. The van der Waals surface area contributed by atoms with Gasteiger partial charge in [-0.3, -0.25) is 4.90 Å². The zero-order valence-corrected chi connectivity index (χ0v) is 10.9. The van der Waals surface area contributed by atoms with Gasteiger partial charge >= 0.3 is 0 Å². The fourth-order valence-electron chi connectivity index (χ4n) is 2.33. The van der Waals surface area contributed by atoms with Crippen LogP contribution in [0.1, 0.15) is 13.3 Å². The van der Waals surface area contributed by atoms with E-state index < -0.39 is 0 Å². The van der Waals surface area contributed by atoms with Crippen molar-refractivity contribution < 1.29 is 9.13 Å². The van der Waals surface area contributed by atoms with Gasteiger partial charge in [-0.05, 0) is 37.1 Å². The van der Waals surface area contributed by atoms with E-state index in [4.69, 9.17) is 10.5 Å². The third kappa shape index (κ3) is 3.43. The monoisotopic (exact) mass is 252 g/mol. The molecule has 1 fully saturated rings. The van der Waals surface area contributed by atoms with Crippen LogP contribution >= 0.6 is 0 Å². The highest BCUT2D eigenvalue weighted by Crippen LogP contribution is 2.28. The van der Waals surface area contributed by atoms with Crippen molar-refractivity contribution in [2.45, 2.75) is 13.3 Å². The molecule has 1 atom stereocenters. The van der Waals surface area contributed by atoms with Gasteiger partial charge in [0.15, 0.2) is 0 Å². The van der Waals surface area contributed by atoms with Crippen LogP contribution in [-0.4, -0.2) is 37.7 Å². The van der Waals surface area contributed by atoms with Crippen LogP contribution < -0.4 is 10.5 Å². The van der Waals surface area contributed by atoms with E-state index in [2.05, 4.69) is 11.8 Å². The van der Waals surface area contributed by atoms with E-state index in [-0.39, 0.29) is 11.2 Å². The van der Waals surface area contributed by atoms with Gasteiger partial charge in [0.05, 0.1) is 0 Å². The van der Waals surface area contributed by atoms with Gasteiger partial charge < -0.3 is 10.5 Å². The molecule has 1 aliphatic heterocycles. The molecular weight excluding hydrogens is 231 g/mol.